The van der Waals surface area contributed by atoms with Crippen LogP contribution in [-0.2, 0) is 5.41 Å². The van der Waals surface area contributed by atoms with E-state index in [2.05, 4.69) is 54.7 Å². The number of hydrogen-bond acceptors (Lipinski definition) is 6. The Balaban J connectivity index is 1.83. The SMILES string of the molecule is CC(C)C(C)(C)c1nc(-c2cccc(N3CCN(C)CC3)n2)no1. The number of pyridine rings is 1. The van der Waals surface area contributed by atoms with E-state index in [1.54, 1.807) is 0 Å². The third-order valence-corrected chi connectivity index (χ3v) is 5.21. The Morgan fingerprint density at radius 3 is 2.46 bits per heavy atom. The highest BCUT2D eigenvalue weighted by Gasteiger charge is 2.31. The molecule has 6 heteroatoms. The van der Waals surface area contributed by atoms with Gasteiger partial charge in [0.25, 0.3) is 0 Å². The van der Waals surface area contributed by atoms with Gasteiger partial charge < -0.3 is 14.3 Å². The molecule has 2 aromatic rings. The second-order valence-electron chi connectivity index (χ2n) is 7.47. The fourth-order valence-electron chi connectivity index (χ4n) is 2.60. The van der Waals surface area contributed by atoms with Crippen molar-refractivity contribution in [3.63, 3.8) is 0 Å². The van der Waals surface area contributed by atoms with Gasteiger partial charge in [0.2, 0.25) is 11.7 Å². The molecule has 6 nitrogen and oxygen atoms in total. The van der Waals surface area contributed by atoms with Crippen LogP contribution in [0.25, 0.3) is 11.5 Å². The van der Waals surface area contributed by atoms with Gasteiger partial charge in [0.05, 0.1) is 0 Å². The molecule has 0 radical (unpaired) electrons. The van der Waals surface area contributed by atoms with E-state index in [9.17, 15) is 0 Å². The largest absolute Gasteiger partial charge is 0.354 e. The van der Waals surface area contributed by atoms with E-state index in [-0.39, 0.29) is 5.41 Å². The quantitative estimate of drug-likeness (QED) is 0.860. The average molecular weight is 329 g/mol. The van der Waals surface area contributed by atoms with Crippen LogP contribution in [0.5, 0.6) is 0 Å². The summed E-state index contributed by atoms with van der Waals surface area (Å²) in [4.78, 5) is 14.0. The Bertz CT molecular complexity index is 686. The van der Waals surface area contributed by atoms with Gasteiger partial charge in [-0.25, -0.2) is 4.98 Å². The number of rotatable bonds is 4. The van der Waals surface area contributed by atoms with Crippen LogP contribution in [0.15, 0.2) is 22.7 Å². The van der Waals surface area contributed by atoms with Gasteiger partial charge >= 0.3 is 0 Å². The second-order valence-corrected chi connectivity index (χ2v) is 7.47. The fraction of sp³-hybridized carbons (Fsp3) is 0.611. The number of anilines is 1. The van der Waals surface area contributed by atoms with Gasteiger partial charge in [-0.1, -0.05) is 38.9 Å². The van der Waals surface area contributed by atoms with E-state index in [1.165, 1.54) is 0 Å². The molecule has 0 aliphatic carbocycles. The van der Waals surface area contributed by atoms with Crippen molar-refractivity contribution in [2.45, 2.75) is 33.1 Å². The molecular formula is C18H27N5O. The Morgan fingerprint density at radius 2 is 1.79 bits per heavy atom. The van der Waals surface area contributed by atoms with E-state index in [0.29, 0.717) is 17.6 Å². The first-order valence-electron chi connectivity index (χ1n) is 8.63. The average Bonchev–Trinajstić information content (AvgIpc) is 3.06. The molecule has 1 fully saturated rings. The van der Waals surface area contributed by atoms with Crippen LogP contribution in [-0.4, -0.2) is 53.3 Å². The van der Waals surface area contributed by atoms with Crippen molar-refractivity contribution in [2.75, 3.05) is 38.1 Å². The van der Waals surface area contributed by atoms with Crippen LogP contribution in [0.3, 0.4) is 0 Å². The minimum Gasteiger partial charge on any atom is -0.354 e. The van der Waals surface area contributed by atoms with Crippen molar-refractivity contribution in [1.82, 2.24) is 20.0 Å². The summed E-state index contributed by atoms with van der Waals surface area (Å²) in [5.74, 6) is 2.62. The summed E-state index contributed by atoms with van der Waals surface area (Å²) in [7, 11) is 2.15. The topological polar surface area (TPSA) is 58.3 Å². The van der Waals surface area contributed by atoms with Gasteiger partial charge in [0, 0.05) is 31.6 Å². The molecule has 3 heterocycles. The molecule has 0 aromatic carbocycles. The molecule has 1 aliphatic rings. The van der Waals surface area contributed by atoms with Crippen LogP contribution < -0.4 is 4.90 Å². The summed E-state index contributed by atoms with van der Waals surface area (Å²) in [6.07, 6.45) is 0. The molecular weight excluding hydrogens is 302 g/mol. The monoisotopic (exact) mass is 329 g/mol. The maximum absolute atomic E-state index is 5.52. The normalized spacial score (nSPS) is 16.8. The maximum atomic E-state index is 5.52. The minimum absolute atomic E-state index is 0.152. The molecule has 0 amide bonds. The highest BCUT2D eigenvalue weighted by Crippen LogP contribution is 2.31. The highest BCUT2D eigenvalue weighted by molar-refractivity contribution is 5.53. The first-order valence-corrected chi connectivity index (χ1v) is 8.63. The van der Waals surface area contributed by atoms with Gasteiger partial charge in [0.15, 0.2) is 0 Å². The number of aromatic nitrogens is 3. The number of likely N-dealkylation sites (N-methyl/N-ethyl adjacent to an activating group) is 1. The fourth-order valence-corrected chi connectivity index (χ4v) is 2.60. The van der Waals surface area contributed by atoms with Crippen LogP contribution in [0, 0.1) is 5.92 Å². The van der Waals surface area contributed by atoms with Crippen LogP contribution in [0.2, 0.25) is 0 Å². The summed E-state index contributed by atoms with van der Waals surface area (Å²) >= 11 is 0. The highest BCUT2D eigenvalue weighted by atomic mass is 16.5. The predicted octanol–water partition coefficient (Wildman–Crippen LogP) is 2.82. The Kier molecular flexibility index (Phi) is 4.58. The van der Waals surface area contributed by atoms with Gasteiger partial charge in [-0.05, 0) is 25.1 Å². The summed E-state index contributed by atoms with van der Waals surface area (Å²) in [6, 6.07) is 6.00. The van der Waals surface area contributed by atoms with Crippen molar-refractivity contribution in [3.8, 4) is 11.5 Å². The summed E-state index contributed by atoms with van der Waals surface area (Å²) < 4.78 is 5.52. The molecule has 0 spiro atoms. The van der Waals surface area contributed by atoms with E-state index in [4.69, 9.17) is 9.51 Å². The molecule has 0 bridgehead atoms. The molecule has 0 atom stereocenters. The molecule has 1 saturated heterocycles. The third kappa shape index (κ3) is 3.29. The molecule has 0 N–H and O–H groups in total. The zero-order valence-electron chi connectivity index (χ0n) is 15.3. The third-order valence-electron chi connectivity index (χ3n) is 5.21. The van der Waals surface area contributed by atoms with Gasteiger partial charge in [-0.15, -0.1) is 0 Å². The molecule has 1 aliphatic heterocycles. The second kappa shape index (κ2) is 6.51. The van der Waals surface area contributed by atoms with Crippen molar-refractivity contribution in [2.24, 2.45) is 5.92 Å². The molecule has 2 aromatic heterocycles. The Morgan fingerprint density at radius 1 is 1.08 bits per heavy atom. The molecule has 0 saturated carbocycles. The van der Waals surface area contributed by atoms with Crippen LogP contribution >= 0.6 is 0 Å². The zero-order valence-corrected chi connectivity index (χ0v) is 15.3. The zero-order chi connectivity index (χ0) is 17.3. The lowest BCUT2D eigenvalue weighted by molar-refractivity contribution is 0.254. The van der Waals surface area contributed by atoms with Crippen molar-refractivity contribution in [1.29, 1.82) is 0 Å². The Labute approximate surface area is 143 Å². The maximum Gasteiger partial charge on any atom is 0.232 e. The predicted molar refractivity (Wildman–Crippen MR) is 95.1 cm³/mol. The lowest BCUT2D eigenvalue weighted by atomic mass is 9.81. The van der Waals surface area contributed by atoms with Crippen molar-refractivity contribution >= 4 is 5.82 Å². The van der Waals surface area contributed by atoms with E-state index < -0.39 is 0 Å². The van der Waals surface area contributed by atoms with Crippen molar-refractivity contribution < 1.29 is 4.52 Å². The summed E-state index contributed by atoms with van der Waals surface area (Å²) in [6.45, 7) is 12.7. The van der Waals surface area contributed by atoms with E-state index >= 15 is 0 Å². The first kappa shape index (κ1) is 16.9. The van der Waals surface area contributed by atoms with E-state index in [1.807, 2.05) is 18.2 Å². The van der Waals surface area contributed by atoms with E-state index in [0.717, 1.165) is 37.7 Å². The first-order chi connectivity index (χ1) is 11.4. The standard InChI is InChI=1S/C18H27N5O/c1-13(2)18(3,4)17-20-16(21-24-17)14-7-6-8-15(19-14)23-11-9-22(5)10-12-23/h6-8,13H,9-12H2,1-5H3. The van der Waals surface area contributed by atoms with Crippen molar-refractivity contribution in [3.05, 3.63) is 24.1 Å². The van der Waals surface area contributed by atoms with Gasteiger partial charge in [-0.3, -0.25) is 0 Å². The lowest BCUT2D eigenvalue weighted by Crippen LogP contribution is -2.44. The Hall–Kier alpha value is -1.95. The van der Waals surface area contributed by atoms with Crippen LogP contribution in [0.1, 0.15) is 33.6 Å². The number of piperazine rings is 1. The number of nitrogens with zero attached hydrogens (tertiary/aromatic N) is 5. The van der Waals surface area contributed by atoms with Crippen LogP contribution in [0.4, 0.5) is 5.82 Å². The molecule has 3 rings (SSSR count). The molecule has 24 heavy (non-hydrogen) atoms. The molecule has 0 unspecified atom stereocenters. The minimum atomic E-state index is -0.152. The smallest absolute Gasteiger partial charge is 0.232 e. The lowest BCUT2D eigenvalue weighted by Gasteiger charge is -2.33. The summed E-state index contributed by atoms with van der Waals surface area (Å²) in [5, 5.41) is 4.16. The van der Waals surface area contributed by atoms with Gasteiger partial charge in [0.1, 0.15) is 11.5 Å². The number of hydrogen-bond donors (Lipinski definition) is 0. The molecule has 130 valence electrons. The summed E-state index contributed by atoms with van der Waals surface area (Å²) in [5.41, 5.74) is 0.612. The van der Waals surface area contributed by atoms with Gasteiger partial charge in [-0.2, -0.15) is 4.98 Å².